The summed E-state index contributed by atoms with van der Waals surface area (Å²) in [7, 11) is 0. The van der Waals surface area contributed by atoms with Crippen LogP contribution in [0.1, 0.15) is 188 Å². The molecule has 0 aromatic carbocycles. The molecule has 0 bridgehead atoms. The van der Waals surface area contributed by atoms with Crippen molar-refractivity contribution in [1.82, 2.24) is 0 Å². The van der Waals surface area contributed by atoms with Gasteiger partial charge in [-0.3, -0.25) is 9.59 Å². The third kappa shape index (κ3) is 17.5. The topological polar surface area (TPSA) is 132 Å². The molecule has 0 aliphatic carbocycles. The van der Waals surface area contributed by atoms with E-state index in [-0.39, 0.29) is 12.8 Å². The molecule has 0 aliphatic heterocycles. The van der Waals surface area contributed by atoms with Gasteiger partial charge in [-0.05, 0) is 18.8 Å². The molecule has 2 atom stereocenters. The average molecular weight is 599 g/mol. The number of aliphatic hydroxyl groups is 1. The van der Waals surface area contributed by atoms with Crippen molar-refractivity contribution in [2.24, 2.45) is 11.3 Å². The lowest BCUT2D eigenvalue weighted by atomic mass is 9.64. The largest absolute Gasteiger partial charge is 0.481 e. The zero-order valence-corrected chi connectivity index (χ0v) is 27.5. The van der Waals surface area contributed by atoms with E-state index in [2.05, 4.69) is 20.8 Å². The molecule has 0 rings (SSSR count). The Bertz CT molecular complexity index is 707. The van der Waals surface area contributed by atoms with Crippen molar-refractivity contribution in [2.45, 2.75) is 193 Å². The van der Waals surface area contributed by atoms with Crippen LogP contribution in [0.5, 0.6) is 0 Å². The highest BCUT2D eigenvalue weighted by Crippen LogP contribution is 2.45. The molecule has 0 saturated heterocycles. The summed E-state index contributed by atoms with van der Waals surface area (Å²) < 4.78 is 0. The summed E-state index contributed by atoms with van der Waals surface area (Å²) >= 11 is 0. The third-order valence-electron chi connectivity index (χ3n) is 9.05. The SMILES string of the molecule is CCCCCCCCCCCCCCCCC(CCCCCCCCCCC(C)C)(C(=O)O)C(O)(CC(=O)O)C(=O)O. The summed E-state index contributed by atoms with van der Waals surface area (Å²) in [6.45, 7) is 6.70. The minimum absolute atomic E-state index is 0.0354. The van der Waals surface area contributed by atoms with E-state index in [0.29, 0.717) is 12.8 Å². The minimum Gasteiger partial charge on any atom is -0.481 e. The Labute approximate surface area is 257 Å². The summed E-state index contributed by atoms with van der Waals surface area (Å²) in [4.78, 5) is 36.3. The molecule has 0 aromatic heterocycles. The second-order valence-electron chi connectivity index (χ2n) is 13.2. The third-order valence-corrected chi connectivity index (χ3v) is 9.05. The zero-order chi connectivity index (χ0) is 31.7. The molecular formula is C35H66O7. The lowest BCUT2D eigenvalue weighted by Gasteiger charge is -2.41. The summed E-state index contributed by atoms with van der Waals surface area (Å²) in [5, 5.41) is 40.7. The first-order chi connectivity index (χ1) is 20.0. The first kappa shape index (κ1) is 40.4. The smallest absolute Gasteiger partial charge is 0.337 e. The second kappa shape index (κ2) is 24.8. The first-order valence-electron chi connectivity index (χ1n) is 17.4. The number of unbranched alkanes of at least 4 members (excludes halogenated alkanes) is 20. The lowest BCUT2D eigenvalue weighted by molar-refractivity contribution is -0.196. The average Bonchev–Trinajstić information content (AvgIpc) is 2.92. The van der Waals surface area contributed by atoms with Crippen LogP contribution in [0.25, 0.3) is 0 Å². The van der Waals surface area contributed by atoms with Crippen LogP contribution in [0.2, 0.25) is 0 Å². The molecule has 7 nitrogen and oxygen atoms in total. The fourth-order valence-corrected chi connectivity index (χ4v) is 6.26. The number of carboxylic acid groups (broad SMARTS) is 3. The minimum atomic E-state index is -2.85. The normalized spacial score (nSPS) is 14.5. The number of carboxylic acids is 3. The van der Waals surface area contributed by atoms with Crippen LogP contribution in [0.3, 0.4) is 0 Å². The van der Waals surface area contributed by atoms with Crippen molar-refractivity contribution in [2.75, 3.05) is 0 Å². The molecule has 0 radical (unpaired) electrons. The van der Waals surface area contributed by atoms with Crippen molar-refractivity contribution in [3.63, 3.8) is 0 Å². The van der Waals surface area contributed by atoms with Gasteiger partial charge in [-0.1, -0.05) is 168 Å². The molecule has 7 heteroatoms. The predicted molar refractivity (Wildman–Crippen MR) is 171 cm³/mol. The highest BCUT2D eigenvalue weighted by atomic mass is 16.4. The lowest BCUT2D eigenvalue weighted by Crippen LogP contribution is -2.59. The Morgan fingerprint density at radius 3 is 1.14 bits per heavy atom. The van der Waals surface area contributed by atoms with E-state index in [1.807, 2.05) is 0 Å². The molecular weight excluding hydrogens is 532 g/mol. The van der Waals surface area contributed by atoms with E-state index in [4.69, 9.17) is 0 Å². The Kier molecular flexibility index (Phi) is 23.8. The van der Waals surface area contributed by atoms with E-state index in [1.165, 1.54) is 83.5 Å². The fourth-order valence-electron chi connectivity index (χ4n) is 6.26. The van der Waals surface area contributed by atoms with Gasteiger partial charge in [0.25, 0.3) is 0 Å². The Hall–Kier alpha value is -1.63. The molecule has 0 spiro atoms. The van der Waals surface area contributed by atoms with Gasteiger partial charge < -0.3 is 20.4 Å². The molecule has 0 heterocycles. The Morgan fingerprint density at radius 1 is 0.524 bits per heavy atom. The van der Waals surface area contributed by atoms with Crippen molar-refractivity contribution >= 4 is 17.9 Å². The molecule has 0 saturated carbocycles. The summed E-state index contributed by atoms with van der Waals surface area (Å²) in [5.41, 5.74) is -4.87. The van der Waals surface area contributed by atoms with Crippen molar-refractivity contribution in [1.29, 1.82) is 0 Å². The molecule has 248 valence electrons. The number of aliphatic carboxylic acids is 3. The van der Waals surface area contributed by atoms with Gasteiger partial charge in [0.05, 0.1) is 6.42 Å². The van der Waals surface area contributed by atoms with Crippen LogP contribution in [-0.2, 0) is 14.4 Å². The van der Waals surface area contributed by atoms with E-state index < -0.39 is 35.3 Å². The van der Waals surface area contributed by atoms with Crippen LogP contribution in [0.15, 0.2) is 0 Å². The van der Waals surface area contributed by atoms with Gasteiger partial charge in [0, 0.05) is 0 Å². The van der Waals surface area contributed by atoms with E-state index in [9.17, 15) is 34.8 Å². The number of hydrogen-bond donors (Lipinski definition) is 4. The monoisotopic (exact) mass is 598 g/mol. The standard InChI is InChI=1S/C35H66O7/c1-4-5-6-7-8-9-10-11-12-13-15-18-21-24-27-34(32(38)39,35(42,33(40)41)29-31(36)37)28-25-22-19-16-14-17-20-23-26-30(2)3/h30,42H,4-29H2,1-3H3,(H,36,37)(H,38,39)(H,40,41). The van der Waals surface area contributed by atoms with Crippen molar-refractivity contribution in [3.8, 4) is 0 Å². The first-order valence-corrected chi connectivity index (χ1v) is 17.4. The van der Waals surface area contributed by atoms with E-state index in [0.717, 1.165) is 57.3 Å². The van der Waals surface area contributed by atoms with Crippen molar-refractivity contribution in [3.05, 3.63) is 0 Å². The van der Waals surface area contributed by atoms with E-state index in [1.54, 1.807) is 0 Å². The van der Waals surface area contributed by atoms with Gasteiger partial charge in [-0.15, -0.1) is 0 Å². The Morgan fingerprint density at radius 2 is 0.857 bits per heavy atom. The van der Waals surface area contributed by atoms with E-state index >= 15 is 0 Å². The predicted octanol–water partition coefficient (Wildman–Crippen LogP) is 9.78. The van der Waals surface area contributed by atoms with Gasteiger partial charge in [-0.2, -0.15) is 0 Å². The maximum Gasteiger partial charge on any atom is 0.337 e. The van der Waals surface area contributed by atoms with Gasteiger partial charge in [0.15, 0.2) is 5.60 Å². The molecule has 0 aromatic rings. The van der Waals surface area contributed by atoms with Gasteiger partial charge in [0.1, 0.15) is 5.41 Å². The highest BCUT2D eigenvalue weighted by molar-refractivity contribution is 5.92. The van der Waals surface area contributed by atoms with Gasteiger partial charge in [-0.25, -0.2) is 4.79 Å². The molecule has 2 unspecified atom stereocenters. The van der Waals surface area contributed by atoms with Crippen LogP contribution >= 0.6 is 0 Å². The molecule has 42 heavy (non-hydrogen) atoms. The molecule has 4 N–H and O–H groups in total. The molecule has 0 fully saturated rings. The summed E-state index contributed by atoms with van der Waals surface area (Å²) in [5.74, 6) is -3.95. The number of rotatable bonds is 31. The van der Waals surface area contributed by atoms with Crippen LogP contribution in [0, 0.1) is 11.3 Å². The maximum atomic E-state index is 12.6. The van der Waals surface area contributed by atoms with Crippen molar-refractivity contribution < 1.29 is 34.8 Å². The number of carbonyl (C=O) groups is 3. The number of hydrogen-bond acceptors (Lipinski definition) is 4. The molecule has 0 aliphatic rings. The fraction of sp³-hybridized carbons (Fsp3) is 0.914. The zero-order valence-electron chi connectivity index (χ0n) is 27.5. The Balaban J connectivity index is 4.73. The summed E-state index contributed by atoms with van der Waals surface area (Å²) in [6, 6.07) is 0. The van der Waals surface area contributed by atoms with Gasteiger partial charge in [0.2, 0.25) is 0 Å². The van der Waals surface area contributed by atoms with Crippen LogP contribution < -0.4 is 0 Å². The van der Waals surface area contributed by atoms with Crippen LogP contribution in [-0.4, -0.2) is 43.9 Å². The maximum absolute atomic E-state index is 12.6. The quantitative estimate of drug-likeness (QED) is 0.0584. The molecule has 0 amide bonds. The van der Waals surface area contributed by atoms with Crippen LogP contribution in [0.4, 0.5) is 0 Å². The summed E-state index contributed by atoms with van der Waals surface area (Å²) in [6.07, 6.45) is 23.9. The highest BCUT2D eigenvalue weighted by Gasteiger charge is 2.61. The van der Waals surface area contributed by atoms with Gasteiger partial charge >= 0.3 is 17.9 Å². The second-order valence-corrected chi connectivity index (χ2v) is 13.2.